The smallest absolute Gasteiger partial charge is 0.433 e. The van der Waals surface area contributed by atoms with Crippen LogP contribution in [0.4, 0.5) is 13.2 Å². The predicted molar refractivity (Wildman–Crippen MR) is 86.3 cm³/mol. The van der Waals surface area contributed by atoms with Crippen LogP contribution in [0.25, 0.3) is 0 Å². The molecule has 0 saturated carbocycles. The maximum atomic E-state index is 12.9. The van der Waals surface area contributed by atoms with Crippen LogP contribution in [0, 0.1) is 0 Å². The average Bonchev–Trinajstić information content (AvgIpc) is 2.54. The number of methoxy groups -OCH3 is 1. The van der Waals surface area contributed by atoms with E-state index in [1.807, 2.05) is 6.07 Å². The van der Waals surface area contributed by atoms with Gasteiger partial charge in [0.05, 0.1) is 7.11 Å². The van der Waals surface area contributed by atoms with Crippen LogP contribution < -0.4 is 10.3 Å². The van der Waals surface area contributed by atoms with Crippen molar-refractivity contribution in [3.8, 4) is 5.75 Å². The van der Waals surface area contributed by atoms with Crippen molar-refractivity contribution in [3.63, 3.8) is 0 Å². The van der Waals surface area contributed by atoms with Crippen LogP contribution in [-0.2, 0) is 18.5 Å². The fourth-order valence-corrected chi connectivity index (χ4v) is 2.91. The Morgan fingerprint density at radius 1 is 1.38 bits per heavy atom. The van der Waals surface area contributed by atoms with Gasteiger partial charge in [-0.2, -0.15) is 13.2 Å². The molecule has 2 rings (SSSR count). The molecule has 0 aliphatic rings. The van der Waals surface area contributed by atoms with Crippen molar-refractivity contribution in [3.05, 3.63) is 64.6 Å². The number of ether oxygens (including phenoxy) is 1. The van der Waals surface area contributed by atoms with Gasteiger partial charge in [-0.25, -0.2) is 4.98 Å². The van der Waals surface area contributed by atoms with Crippen LogP contribution >= 0.6 is 11.8 Å². The Morgan fingerprint density at radius 3 is 2.75 bits per heavy atom. The fraction of sp³-hybridized carbons (Fsp3) is 0.250. The van der Waals surface area contributed by atoms with Crippen LogP contribution in [0.1, 0.15) is 11.3 Å². The summed E-state index contributed by atoms with van der Waals surface area (Å²) in [5.41, 5.74) is -1.11. The van der Waals surface area contributed by atoms with Gasteiger partial charge in [-0.05, 0) is 17.7 Å². The van der Waals surface area contributed by atoms with E-state index < -0.39 is 17.4 Å². The summed E-state index contributed by atoms with van der Waals surface area (Å²) in [6.45, 7) is 3.60. The van der Waals surface area contributed by atoms with Crippen molar-refractivity contribution in [1.82, 2.24) is 9.55 Å². The second kappa shape index (κ2) is 7.57. The third-order valence-corrected chi connectivity index (χ3v) is 4.12. The Kier molecular flexibility index (Phi) is 5.71. The van der Waals surface area contributed by atoms with Crippen LogP contribution in [0.2, 0.25) is 0 Å². The number of hydrogen-bond acceptors (Lipinski definition) is 4. The Morgan fingerprint density at radius 2 is 2.12 bits per heavy atom. The molecule has 0 aliphatic carbocycles. The molecule has 1 heterocycles. The molecule has 0 saturated heterocycles. The zero-order chi connectivity index (χ0) is 17.7. The lowest BCUT2D eigenvalue weighted by molar-refractivity contribution is -0.141. The molecular weight excluding hydrogens is 341 g/mol. The van der Waals surface area contributed by atoms with Crippen molar-refractivity contribution in [2.75, 3.05) is 7.11 Å². The molecule has 0 unspecified atom stereocenters. The number of benzene rings is 1. The molecule has 4 nitrogen and oxygen atoms in total. The van der Waals surface area contributed by atoms with Gasteiger partial charge in [0.15, 0.2) is 10.9 Å². The summed E-state index contributed by atoms with van der Waals surface area (Å²) in [5, 5.41) is -0.00227. The van der Waals surface area contributed by atoms with E-state index in [1.54, 1.807) is 18.2 Å². The minimum atomic E-state index is -4.67. The van der Waals surface area contributed by atoms with Gasteiger partial charge in [-0.3, -0.25) is 9.36 Å². The zero-order valence-corrected chi connectivity index (χ0v) is 13.7. The van der Waals surface area contributed by atoms with Crippen LogP contribution in [0.3, 0.4) is 0 Å². The molecular formula is C16H15F3N2O2S. The molecule has 0 bridgehead atoms. The van der Waals surface area contributed by atoms with Gasteiger partial charge in [0.2, 0.25) is 0 Å². The highest BCUT2D eigenvalue weighted by atomic mass is 32.2. The van der Waals surface area contributed by atoms with Crippen molar-refractivity contribution in [2.24, 2.45) is 0 Å². The number of hydrogen-bond donors (Lipinski definition) is 0. The zero-order valence-electron chi connectivity index (χ0n) is 12.8. The summed E-state index contributed by atoms with van der Waals surface area (Å²) in [4.78, 5) is 15.6. The first kappa shape index (κ1) is 18.1. The minimum Gasteiger partial charge on any atom is -0.497 e. The van der Waals surface area contributed by atoms with Crippen LogP contribution in [0.15, 0.2) is 52.9 Å². The van der Waals surface area contributed by atoms with Gasteiger partial charge in [-0.1, -0.05) is 30.0 Å². The van der Waals surface area contributed by atoms with E-state index in [4.69, 9.17) is 4.74 Å². The van der Waals surface area contributed by atoms with Gasteiger partial charge >= 0.3 is 6.18 Å². The number of rotatable bonds is 6. The lowest BCUT2D eigenvalue weighted by Gasteiger charge is -2.13. The molecule has 0 radical (unpaired) electrons. The van der Waals surface area contributed by atoms with Crippen LogP contribution in [0.5, 0.6) is 5.75 Å². The molecule has 1 aromatic carbocycles. The summed E-state index contributed by atoms with van der Waals surface area (Å²) in [6.07, 6.45) is -3.23. The highest BCUT2D eigenvalue weighted by Crippen LogP contribution is 2.29. The van der Waals surface area contributed by atoms with E-state index in [0.717, 1.165) is 21.9 Å². The number of halogens is 3. The lowest BCUT2D eigenvalue weighted by atomic mass is 10.2. The van der Waals surface area contributed by atoms with Crippen LogP contribution in [-0.4, -0.2) is 16.7 Å². The highest BCUT2D eigenvalue weighted by molar-refractivity contribution is 7.98. The van der Waals surface area contributed by atoms with Gasteiger partial charge in [-0.15, -0.1) is 6.58 Å². The molecule has 0 aliphatic heterocycles. The Hall–Kier alpha value is -2.22. The van der Waals surface area contributed by atoms with E-state index in [2.05, 4.69) is 11.6 Å². The summed E-state index contributed by atoms with van der Waals surface area (Å²) >= 11 is 1.05. The molecule has 2 aromatic rings. The van der Waals surface area contributed by atoms with Crippen molar-refractivity contribution in [2.45, 2.75) is 23.6 Å². The molecule has 24 heavy (non-hydrogen) atoms. The molecule has 0 amide bonds. The van der Waals surface area contributed by atoms with E-state index >= 15 is 0 Å². The summed E-state index contributed by atoms with van der Waals surface area (Å²) in [7, 11) is 1.53. The highest BCUT2D eigenvalue weighted by Gasteiger charge is 2.34. The number of aromatic nitrogens is 2. The molecule has 0 N–H and O–H groups in total. The summed E-state index contributed by atoms with van der Waals surface area (Å²) in [6, 6.07) is 7.64. The van der Waals surface area contributed by atoms with E-state index in [1.165, 1.54) is 13.2 Å². The SMILES string of the molecule is C=CCn1c(SCc2cccc(OC)c2)nc(C(F)(F)F)cc1=O. The van der Waals surface area contributed by atoms with E-state index in [9.17, 15) is 18.0 Å². The fourth-order valence-electron chi connectivity index (χ4n) is 1.95. The molecule has 1 aromatic heterocycles. The normalized spacial score (nSPS) is 11.3. The van der Waals surface area contributed by atoms with Gasteiger partial charge in [0.1, 0.15) is 5.75 Å². The lowest BCUT2D eigenvalue weighted by Crippen LogP contribution is -2.25. The second-order valence-corrected chi connectivity index (χ2v) is 5.74. The van der Waals surface area contributed by atoms with Gasteiger partial charge in [0, 0.05) is 18.4 Å². The topological polar surface area (TPSA) is 44.1 Å². The third kappa shape index (κ3) is 4.41. The third-order valence-electron chi connectivity index (χ3n) is 3.08. The Labute approximate surface area is 141 Å². The van der Waals surface area contributed by atoms with E-state index in [-0.39, 0.29) is 11.7 Å². The molecule has 0 spiro atoms. The molecule has 0 atom stereocenters. The van der Waals surface area contributed by atoms with Crippen molar-refractivity contribution >= 4 is 11.8 Å². The maximum Gasteiger partial charge on any atom is 0.433 e. The largest absolute Gasteiger partial charge is 0.497 e. The summed E-state index contributed by atoms with van der Waals surface area (Å²) in [5.74, 6) is 0.996. The average molecular weight is 356 g/mol. The van der Waals surface area contributed by atoms with Gasteiger partial charge < -0.3 is 4.74 Å². The molecule has 8 heteroatoms. The first-order valence-electron chi connectivity index (χ1n) is 6.91. The first-order chi connectivity index (χ1) is 11.3. The predicted octanol–water partition coefficient (Wildman–Crippen LogP) is 3.75. The van der Waals surface area contributed by atoms with Crippen molar-refractivity contribution in [1.29, 1.82) is 0 Å². The molecule has 0 fully saturated rings. The Bertz CT molecular complexity index is 788. The quantitative estimate of drug-likeness (QED) is 0.449. The number of nitrogens with zero attached hydrogens (tertiary/aromatic N) is 2. The first-order valence-corrected chi connectivity index (χ1v) is 7.89. The number of thioether (sulfide) groups is 1. The maximum absolute atomic E-state index is 12.9. The number of alkyl halides is 3. The molecule has 128 valence electrons. The van der Waals surface area contributed by atoms with E-state index in [0.29, 0.717) is 17.6 Å². The Balaban J connectivity index is 2.34. The second-order valence-electron chi connectivity index (χ2n) is 4.80. The number of allylic oxidation sites excluding steroid dienone is 1. The summed E-state index contributed by atoms with van der Waals surface area (Å²) < 4.78 is 44.9. The van der Waals surface area contributed by atoms with Gasteiger partial charge in [0.25, 0.3) is 5.56 Å². The van der Waals surface area contributed by atoms with Crippen molar-refractivity contribution < 1.29 is 17.9 Å². The monoisotopic (exact) mass is 356 g/mol. The minimum absolute atomic E-state index is 0.00227. The standard InChI is InChI=1S/C16H15F3N2O2S/c1-3-7-21-14(22)9-13(16(17,18)19)20-15(21)24-10-11-5-4-6-12(8-11)23-2/h3-6,8-9H,1,7,10H2,2H3.